The summed E-state index contributed by atoms with van der Waals surface area (Å²) in [5.41, 5.74) is 7.93. The molecule has 2 heterocycles. The second kappa shape index (κ2) is 6.77. The number of nitrogen functional groups attached to an aromatic ring is 1. The van der Waals surface area contributed by atoms with Crippen LogP contribution in [0.4, 0.5) is 10.8 Å². The van der Waals surface area contributed by atoms with Crippen LogP contribution in [0.25, 0.3) is 11.1 Å². The van der Waals surface area contributed by atoms with Crippen LogP contribution in [-0.2, 0) is 0 Å². The molecule has 0 spiro atoms. The maximum Gasteiger partial charge on any atom is 0.147 e. The maximum absolute atomic E-state index is 5.96. The average Bonchev–Trinajstić information content (AvgIpc) is 2.80. The number of nitrogens with zero attached hydrogens (tertiary/aromatic N) is 2. The molecular formula is C13H18N4S2. The third kappa shape index (κ3) is 3.61. The Labute approximate surface area is 122 Å². The summed E-state index contributed by atoms with van der Waals surface area (Å²) in [7, 11) is 0. The van der Waals surface area contributed by atoms with Gasteiger partial charge >= 0.3 is 0 Å². The highest BCUT2D eigenvalue weighted by atomic mass is 32.2. The van der Waals surface area contributed by atoms with Gasteiger partial charge in [0.15, 0.2) is 0 Å². The van der Waals surface area contributed by atoms with Gasteiger partial charge in [0.2, 0.25) is 0 Å². The SMILES string of the molecule is CSC(C)CCNc1snc(N)c1-c1cccnc1. The molecule has 0 saturated heterocycles. The van der Waals surface area contributed by atoms with Crippen LogP contribution in [0.15, 0.2) is 24.5 Å². The second-order valence-electron chi connectivity index (χ2n) is 4.28. The first-order valence-electron chi connectivity index (χ1n) is 6.14. The number of hydrogen-bond acceptors (Lipinski definition) is 6. The Balaban J connectivity index is 2.10. The van der Waals surface area contributed by atoms with Crippen LogP contribution in [-0.4, -0.2) is 27.4 Å². The summed E-state index contributed by atoms with van der Waals surface area (Å²) in [4.78, 5) is 4.13. The van der Waals surface area contributed by atoms with E-state index in [2.05, 4.69) is 27.9 Å². The summed E-state index contributed by atoms with van der Waals surface area (Å²) in [6.07, 6.45) is 6.82. The molecule has 0 aliphatic rings. The summed E-state index contributed by atoms with van der Waals surface area (Å²) < 4.78 is 4.23. The molecule has 0 bridgehead atoms. The highest BCUT2D eigenvalue weighted by Crippen LogP contribution is 2.36. The zero-order valence-electron chi connectivity index (χ0n) is 11.1. The summed E-state index contributed by atoms with van der Waals surface area (Å²) in [6, 6.07) is 3.91. The molecule has 0 amide bonds. The minimum Gasteiger partial charge on any atom is -0.382 e. The van der Waals surface area contributed by atoms with Crippen LogP contribution < -0.4 is 11.1 Å². The number of nitrogens with two attached hydrogens (primary N) is 1. The molecule has 102 valence electrons. The van der Waals surface area contributed by atoms with E-state index in [9.17, 15) is 0 Å². The molecule has 4 nitrogen and oxygen atoms in total. The van der Waals surface area contributed by atoms with E-state index >= 15 is 0 Å². The Morgan fingerprint density at radius 2 is 2.37 bits per heavy atom. The van der Waals surface area contributed by atoms with Crippen LogP contribution >= 0.6 is 23.3 Å². The predicted molar refractivity (Wildman–Crippen MR) is 85.8 cm³/mol. The van der Waals surface area contributed by atoms with Crippen molar-refractivity contribution in [3.05, 3.63) is 24.5 Å². The van der Waals surface area contributed by atoms with E-state index in [-0.39, 0.29) is 0 Å². The van der Waals surface area contributed by atoms with Gasteiger partial charge in [0.05, 0.1) is 5.56 Å². The van der Waals surface area contributed by atoms with E-state index in [4.69, 9.17) is 5.73 Å². The first kappa shape index (κ1) is 14.1. The quantitative estimate of drug-likeness (QED) is 0.855. The smallest absolute Gasteiger partial charge is 0.147 e. The molecule has 2 aromatic rings. The zero-order valence-corrected chi connectivity index (χ0v) is 12.7. The molecule has 1 atom stereocenters. The van der Waals surface area contributed by atoms with Crippen molar-refractivity contribution in [2.24, 2.45) is 0 Å². The first-order chi connectivity index (χ1) is 9.22. The highest BCUT2D eigenvalue weighted by molar-refractivity contribution is 7.99. The van der Waals surface area contributed by atoms with Gasteiger partial charge in [-0.2, -0.15) is 16.1 Å². The molecular weight excluding hydrogens is 276 g/mol. The van der Waals surface area contributed by atoms with Crippen molar-refractivity contribution in [3.63, 3.8) is 0 Å². The van der Waals surface area contributed by atoms with Gasteiger partial charge in [-0.1, -0.05) is 13.0 Å². The minimum atomic E-state index is 0.568. The van der Waals surface area contributed by atoms with E-state index < -0.39 is 0 Å². The first-order valence-corrected chi connectivity index (χ1v) is 8.20. The summed E-state index contributed by atoms with van der Waals surface area (Å²) in [6.45, 7) is 3.16. The van der Waals surface area contributed by atoms with Gasteiger partial charge < -0.3 is 11.1 Å². The second-order valence-corrected chi connectivity index (χ2v) is 6.32. The van der Waals surface area contributed by atoms with Gasteiger partial charge in [0.25, 0.3) is 0 Å². The Bertz CT molecular complexity index is 513. The number of rotatable bonds is 6. The van der Waals surface area contributed by atoms with Crippen LogP contribution in [0, 0.1) is 0 Å². The number of hydrogen-bond donors (Lipinski definition) is 2. The third-order valence-corrected chi connectivity index (χ3v) is 4.77. The lowest BCUT2D eigenvalue weighted by molar-refractivity contribution is 0.856. The Hall–Kier alpha value is -1.27. The topological polar surface area (TPSA) is 63.8 Å². The number of anilines is 2. The van der Waals surface area contributed by atoms with Gasteiger partial charge in [0.1, 0.15) is 10.8 Å². The van der Waals surface area contributed by atoms with Crippen LogP contribution in [0.3, 0.4) is 0 Å². The van der Waals surface area contributed by atoms with Gasteiger partial charge in [-0.25, -0.2) is 0 Å². The van der Waals surface area contributed by atoms with Gasteiger partial charge in [-0.05, 0) is 30.3 Å². The molecule has 0 aliphatic carbocycles. The molecule has 2 aromatic heterocycles. The zero-order chi connectivity index (χ0) is 13.7. The predicted octanol–water partition coefficient (Wildman–Crippen LogP) is 3.34. The molecule has 3 N–H and O–H groups in total. The van der Waals surface area contributed by atoms with E-state index in [0.29, 0.717) is 11.1 Å². The fourth-order valence-corrected chi connectivity index (χ4v) is 2.83. The highest BCUT2D eigenvalue weighted by Gasteiger charge is 2.13. The Morgan fingerprint density at radius 3 is 3.05 bits per heavy atom. The monoisotopic (exact) mass is 294 g/mol. The molecule has 0 fully saturated rings. The molecule has 0 radical (unpaired) electrons. The number of thioether (sulfide) groups is 1. The van der Waals surface area contributed by atoms with Gasteiger partial charge in [-0.3, -0.25) is 4.98 Å². The van der Waals surface area contributed by atoms with E-state index in [1.165, 1.54) is 11.5 Å². The average molecular weight is 294 g/mol. The largest absolute Gasteiger partial charge is 0.382 e. The maximum atomic E-state index is 5.96. The van der Waals surface area contributed by atoms with E-state index in [1.54, 1.807) is 6.20 Å². The normalized spacial score (nSPS) is 12.3. The van der Waals surface area contributed by atoms with E-state index in [1.807, 2.05) is 30.1 Å². The molecule has 0 aliphatic heterocycles. The Kier molecular flexibility index (Phi) is 5.04. The molecule has 1 unspecified atom stereocenters. The fourth-order valence-electron chi connectivity index (χ4n) is 1.72. The number of aromatic nitrogens is 2. The lowest BCUT2D eigenvalue weighted by atomic mass is 10.1. The lowest BCUT2D eigenvalue weighted by Gasteiger charge is -2.10. The molecule has 0 saturated carbocycles. The molecule has 6 heteroatoms. The third-order valence-electron chi connectivity index (χ3n) is 2.91. The van der Waals surface area contributed by atoms with Crippen molar-refractivity contribution < 1.29 is 0 Å². The van der Waals surface area contributed by atoms with Crippen molar-refractivity contribution in [1.29, 1.82) is 0 Å². The molecule has 2 rings (SSSR count). The van der Waals surface area contributed by atoms with Crippen molar-refractivity contribution >= 4 is 34.1 Å². The molecule has 0 aromatic carbocycles. The summed E-state index contributed by atoms with van der Waals surface area (Å²) in [5, 5.41) is 5.11. The van der Waals surface area contributed by atoms with Crippen molar-refractivity contribution in [1.82, 2.24) is 9.36 Å². The standard InChI is InChI=1S/C13H18N4S2/c1-9(18-2)5-7-16-13-11(12(14)17-19-13)10-4-3-6-15-8-10/h3-4,6,8-9,16H,5,7H2,1-2H3,(H2,14,17). The van der Waals surface area contributed by atoms with Gasteiger partial charge in [-0.15, -0.1) is 0 Å². The van der Waals surface area contributed by atoms with Crippen LogP contribution in [0.5, 0.6) is 0 Å². The molecule has 19 heavy (non-hydrogen) atoms. The summed E-state index contributed by atoms with van der Waals surface area (Å²) >= 11 is 3.29. The number of nitrogens with one attached hydrogen (secondary N) is 1. The van der Waals surface area contributed by atoms with Crippen molar-refractivity contribution in [2.75, 3.05) is 23.9 Å². The Morgan fingerprint density at radius 1 is 1.53 bits per heavy atom. The van der Waals surface area contributed by atoms with Crippen LogP contribution in [0.1, 0.15) is 13.3 Å². The van der Waals surface area contributed by atoms with Gasteiger partial charge in [0, 0.05) is 29.8 Å². The van der Waals surface area contributed by atoms with Crippen LogP contribution in [0.2, 0.25) is 0 Å². The fraction of sp³-hybridized carbons (Fsp3) is 0.385. The van der Waals surface area contributed by atoms with E-state index in [0.717, 1.165) is 29.1 Å². The van der Waals surface area contributed by atoms with Crippen molar-refractivity contribution in [3.8, 4) is 11.1 Å². The van der Waals surface area contributed by atoms with Crippen molar-refractivity contribution in [2.45, 2.75) is 18.6 Å². The number of pyridine rings is 1. The lowest BCUT2D eigenvalue weighted by Crippen LogP contribution is -2.07. The minimum absolute atomic E-state index is 0.568. The summed E-state index contributed by atoms with van der Waals surface area (Å²) in [5.74, 6) is 0.568.